The van der Waals surface area contributed by atoms with Crippen molar-refractivity contribution < 1.29 is 9.47 Å². The number of hydrogen-bond donors (Lipinski definition) is 1. The van der Waals surface area contributed by atoms with E-state index >= 15 is 0 Å². The van der Waals surface area contributed by atoms with E-state index in [0.29, 0.717) is 17.9 Å². The Morgan fingerprint density at radius 3 is 2.95 bits per heavy atom. The number of nitrogens with one attached hydrogen (secondary N) is 1. The van der Waals surface area contributed by atoms with Crippen molar-refractivity contribution in [2.24, 2.45) is 0 Å². The summed E-state index contributed by atoms with van der Waals surface area (Å²) in [5.41, 5.74) is 0.535. The first kappa shape index (κ1) is 13.9. The maximum absolute atomic E-state index is 9.22. The zero-order valence-electron chi connectivity index (χ0n) is 11.2. The molecule has 0 aliphatic carbocycles. The highest BCUT2D eigenvalue weighted by atomic mass is 79.9. The van der Waals surface area contributed by atoms with Gasteiger partial charge in [0.05, 0.1) is 12.2 Å². The van der Waals surface area contributed by atoms with Crippen LogP contribution in [-0.4, -0.2) is 31.4 Å². The van der Waals surface area contributed by atoms with Gasteiger partial charge in [0, 0.05) is 10.9 Å². The largest absolute Gasteiger partial charge is 0.486 e. The van der Waals surface area contributed by atoms with Gasteiger partial charge in [-0.1, -0.05) is 6.07 Å². The Bertz CT molecular complexity index is 535. The molecule has 1 unspecified atom stereocenters. The standard InChI is InChI=1S/C15H17BrN2O2/c16-13-2-1-3-14(12(13)9-17)20-11-8-15(19-10-11)4-6-18-7-5-15/h1-3,11,18H,4-8,10H2. The van der Waals surface area contributed by atoms with Gasteiger partial charge in [-0.05, 0) is 54.0 Å². The van der Waals surface area contributed by atoms with Gasteiger partial charge in [0.2, 0.25) is 0 Å². The molecule has 1 N–H and O–H groups in total. The summed E-state index contributed by atoms with van der Waals surface area (Å²) < 4.78 is 12.8. The van der Waals surface area contributed by atoms with Crippen LogP contribution in [0.4, 0.5) is 0 Å². The predicted octanol–water partition coefficient (Wildman–Crippen LogP) is 2.61. The van der Waals surface area contributed by atoms with E-state index in [2.05, 4.69) is 27.3 Å². The third kappa shape index (κ3) is 2.69. The van der Waals surface area contributed by atoms with Crippen LogP contribution in [0.25, 0.3) is 0 Å². The number of rotatable bonds is 2. The van der Waals surface area contributed by atoms with Crippen molar-refractivity contribution in [1.82, 2.24) is 5.32 Å². The number of halogens is 1. The number of benzene rings is 1. The molecule has 20 heavy (non-hydrogen) atoms. The maximum atomic E-state index is 9.22. The van der Waals surface area contributed by atoms with E-state index in [0.717, 1.165) is 36.8 Å². The quantitative estimate of drug-likeness (QED) is 0.901. The molecule has 0 bridgehead atoms. The summed E-state index contributed by atoms with van der Waals surface area (Å²) in [5, 5.41) is 12.6. The third-order valence-electron chi connectivity index (χ3n) is 4.07. The van der Waals surface area contributed by atoms with Crippen molar-refractivity contribution in [3.05, 3.63) is 28.2 Å². The van der Waals surface area contributed by atoms with Crippen LogP contribution in [0.15, 0.2) is 22.7 Å². The summed E-state index contributed by atoms with van der Waals surface area (Å²) in [6.45, 7) is 2.62. The molecule has 2 aliphatic heterocycles. The molecule has 2 saturated heterocycles. The maximum Gasteiger partial charge on any atom is 0.138 e. The summed E-state index contributed by atoms with van der Waals surface area (Å²) in [4.78, 5) is 0. The van der Waals surface area contributed by atoms with Gasteiger partial charge in [0.15, 0.2) is 0 Å². The molecule has 2 heterocycles. The second-order valence-electron chi connectivity index (χ2n) is 5.41. The first-order valence-corrected chi connectivity index (χ1v) is 7.72. The second-order valence-corrected chi connectivity index (χ2v) is 6.27. The molecule has 0 amide bonds. The minimum Gasteiger partial charge on any atom is -0.486 e. The van der Waals surface area contributed by atoms with Crippen LogP contribution in [0.1, 0.15) is 24.8 Å². The van der Waals surface area contributed by atoms with Crippen molar-refractivity contribution in [1.29, 1.82) is 5.26 Å². The van der Waals surface area contributed by atoms with Crippen LogP contribution < -0.4 is 10.1 Å². The number of piperidine rings is 1. The molecule has 0 saturated carbocycles. The van der Waals surface area contributed by atoms with Gasteiger partial charge >= 0.3 is 0 Å². The van der Waals surface area contributed by atoms with E-state index in [1.54, 1.807) is 0 Å². The highest BCUT2D eigenvalue weighted by molar-refractivity contribution is 9.10. The number of nitriles is 1. The van der Waals surface area contributed by atoms with Crippen LogP contribution in [0, 0.1) is 11.3 Å². The van der Waals surface area contributed by atoms with Crippen molar-refractivity contribution in [3.63, 3.8) is 0 Å². The smallest absolute Gasteiger partial charge is 0.138 e. The predicted molar refractivity (Wildman–Crippen MR) is 78.7 cm³/mol. The Kier molecular flexibility index (Phi) is 3.97. The molecule has 0 radical (unpaired) electrons. The fraction of sp³-hybridized carbons (Fsp3) is 0.533. The molecule has 106 valence electrons. The Morgan fingerprint density at radius 1 is 1.40 bits per heavy atom. The van der Waals surface area contributed by atoms with Crippen molar-refractivity contribution in [2.75, 3.05) is 19.7 Å². The topological polar surface area (TPSA) is 54.3 Å². The number of hydrogen-bond acceptors (Lipinski definition) is 4. The summed E-state index contributed by atoms with van der Waals surface area (Å²) in [6.07, 6.45) is 3.02. The summed E-state index contributed by atoms with van der Waals surface area (Å²) in [6, 6.07) is 7.77. The molecule has 1 aromatic carbocycles. The first-order chi connectivity index (χ1) is 9.72. The second kappa shape index (κ2) is 5.72. The fourth-order valence-electron chi connectivity index (χ4n) is 3.00. The average Bonchev–Trinajstić information content (AvgIpc) is 2.82. The lowest BCUT2D eigenvalue weighted by Crippen LogP contribution is -2.41. The molecule has 1 atom stereocenters. The van der Waals surface area contributed by atoms with E-state index in [1.165, 1.54) is 0 Å². The molecule has 2 aliphatic rings. The van der Waals surface area contributed by atoms with Gasteiger partial charge in [-0.25, -0.2) is 0 Å². The Labute approximate surface area is 127 Å². The van der Waals surface area contributed by atoms with Gasteiger partial charge in [-0.2, -0.15) is 5.26 Å². The highest BCUT2D eigenvalue weighted by Crippen LogP contribution is 2.36. The Hall–Kier alpha value is -1.09. The lowest BCUT2D eigenvalue weighted by atomic mass is 9.89. The van der Waals surface area contributed by atoms with Gasteiger partial charge in [0.1, 0.15) is 23.5 Å². The van der Waals surface area contributed by atoms with Gasteiger partial charge < -0.3 is 14.8 Å². The molecule has 1 spiro atoms. The zero-order valence-corrected chi connectivity index (χ0v) is 12.8. The highest BCUT2D eigenvalue weighted by Gasteiger charge is 2.42. The summed E-state index contributed by atoms with van der Waals surface area (Å²) in [5.74, 6) is 0.640. The van der Waals surface area contributed by atoms with Gasteiger partial charge in [-0.15, -0.1) is 0 Å². The monoisotopic (exact) mass is 336 g/mol. The Morgan fingerprint density at radius 2 is 2.20 bits per heavy atom. The summed E-state index contributed by atoms with van der Waals surface area (Å²) in [7, 11) is 0. The van der Waals surface area contributed by atoms with Crippen LogP contribution in [0.5, 0.6) is 5.75 Å². The van der Waals surface area contributed by atoms with E-state index in [-0.39, 0.29) is 11.7 Å². The molecule has 3 rings (SSSR count). The van der Waals surface area contributed by atoms with Crippen LogP contribution in [-0.2, 0) is 4.74 Å². The van der Waals surface area contributed by atoms with E-state index in [4.69, 9.17) is 9.47 Å². The minimum absolute atomic E-state index is 0.0191. The molecule has 0 aromatic heterocycles. The number of ether oxygens (including phenoxy) is 2. The van der Waals surface area contributed by atoms with E-state index in [9.17, 15) is 5.26 Å². The van der Waals surface area contributed by atoms with Crippen LogP contribution >= 0.6 is 15.9 Å². The average molecular weight is 337 g/mol. The van der Waals surface area contributed by atoms with Crippen LogP contribution in [0.3, 0.4) is 0 Å². The normalized spacial score (nSPS) is 24.5. The molecule has 1 aromatic rings. The molecule has 5 heteroatoms. The van der Waals surface area contributed by atoms with E-state index < -0.39 is 0 Å². The van der Waals surface area contributed by atoms with Crippen molar-refractivity contribution in [3.8, 4) is 11.8 Å². The molecular weight excluding hydrogens is 320 g/mol. The van der Waals surface area contributed by atoms with Gasteiger partial charge in [0.25, 0.3) is 0 Å². The van der Waals surface area contributed by atoms with E-state index in [1.807, 2.05) is 18.2 Å². The minimum atomic E-state index is -0.0191. The van der Waals surface area contributed by atoms with Crippen molar-refractivity contribution in [2.45, 2.75) is 31.0 Å². The number of nitrogens with zero attached hydrogens (tertiary/aromatic N) is 1. The summed E-state index contributed by atoms with van der Waals surface area (Å²) >= 11 is 3.38. The van der Waals surface area contributed by atoms with Crippen LogP contribution in [0.2, 0.25) is 0 Å². The lowest BCUT2D eigenvalue weighted by molar-refractivity contribution is -0.0205. The fourth-order valence-corrected chi connectivity index (χ4v) is 3.44. The zero-order chi connectivity index (χ0) is 14.0. The van der Waals surface area contributed by atoms with Crippen molar-refractivity contribution >= 4 is 15.9 Å². The Balaban J connectivity index is 1.71. The first-order valence-electron chi connectivity index (χ1n) is 6.92. The lowest BCUT2D eigenvalue weighted by Gasteiger charge is -2.32. The molecular formula is C15H17BrN2O2. The molecule has 2 fully saturated rings. The molecule has 4 nitrogen and oxygen atoms in total. The third-order valence-corrected chi connectivity index (χ3v) is 4.73. The van der Waals surface area contributed by atoms with Gasteiger partial charge in [-0.3, -0.25) is 0 Å². The SMILES string of the molecule is N#Cc1c(Br)cccc1OC1COC2(CCNCC2)C1.